The molecule has 0 amide bonds. The summed E-state index contributed by atoms with van der Waals surface area (Å²) in [6.07, 6.45) is 10.7. The molecule has 0 saturated heterocycles. The molecule has 0 saturated carbocycles. The maximum Gasteiger partial charge on any atom is 0.123 e. The van der Waals surface area contributed by atoms with E-state index >= 15 is 0 Å². The van der Waals surface area contributed by atoms with Gasteiger partial charge in [-0.25, -0.2) is 0 Å². The fourth-order valence-electron chi connectivity index (χ4n) is 5.69. The van der Waals surface area contributed by atoms with E-state index in [1.807, 2.05) is 0 Å². The zero-order chi connectivity index (χ0) is 28.6. The molecule has 2 aromatic rings. The molecule has 0 aliphatic carbocycles. The van der Waals surface area contributed by atoms with E-state index in [-0.39, 0.29) is 16.0 Å². The molecule has 0 aromatic heterocycles. The second-order valence-electron chi connectivity index (χ2n) is 13.1. The highest BCUT2D eigenvalue weighted by Crippen LogP contribution is 2.54. The van der Waals surface area contributed by atoms with Crippen LogP contribution >= 0.6 is 21.2 Å². The molecule has 3 atom stereocenters. The molecule has 0 radical (unpaired) electrons. The van der Waals surface area contributed by atoms with E-state index in [1.165, 1.54) is 66.9 Å². The predicted molar refractivity (Wildman–Crippen MR) is 176 cm³/mol. The van der Waals surface area contributed by atoms with Gasteiger partial charge in [0, 0.05) is 22.0 Å². The molecular formula is C35H57OPS. The summed E-state index contributed by atoms with van der Waals surface area (Å²) in [5.41, 5.74) is 4.88. The molecule has 1 N–H and O–H groups in total. The summed E-state index contributed by atoms with van der Waals surface area (Å²) < 4.78 is 0. The van der Waals surface area contributed by atoms with Crippen molar-refractivity contribution in [2.45, 2.75) is 142 Å². The Morgan fingerprint density at radius 3 is 2.05 bits per heavy atom. The topological polar surface area (TPSA) is 20.2 Å². The van der Waals surface area contributed by atoms with Gasteiger partial charge in [-0.05, 0) is 52.4 Å². The van der Waals surface area contributed by atoms with Crippen LogP contribution in [0.2, 0.25) is 0 Å². The van der Waals surface area contributed by atoms with Gasteiger partial charge < -0.3 is 5.11 Å². The second-order valence-corrected chi connectivity index (χ2v) is 15.2. The van der Waals surface area contributed by atoms with Crippen LogP contribution in [0.3, 0.4) is 0 Å². The highest BCUT2D eigenvalue weighted by Gasteiger charge is 2.39. The number of hydrogen-bond donors (Lipinski definition) is 2. The van der Waals surface area contributed by atoms with Gasteiger partial charge in [0.25, 0.3) is 0 Å². The number of rotatable bonds is 15. The Bertz CT molecular complexity index is 1010. The first-order valence-electron chi connectivity index (χ1n) is 15.2. The fraction of sp³-hybridized carbons (Fsp3) is 0.657. The molecule has 3 unspecified atom stereocenters. The molecule has 2 aromatic carbocycles. The van der Waals surface area contributed by atoms with Crippen LogP contribution in [0.5, 0.6) is 5.75 Å². The monoisotopic (exact) mass is 556 g/mol. The lowest BCUT2D eigenvalue weighted by Gasteiger charge is -2.40. The van der Waals surface area contributed by atoms with Crippen molar-refractivity contribution in [1.82, 2.24) is 0 Å². The molecule has 0 fully saturated rings. The van der Waals surface area contributed by atoms with Gasteiger partial charge in [-0.3, -0.25) is 0 Å². The van der Waals surface area contributed by atoms with Crippen LogP contribution in [0.15, 0.2) is 36.4 Å². The van der Waals surface area contributed by atoms with Crippen LogP contribution in [-0.4, -0.2) is 5.11 Å². The molecule has 0 aliphatic rings. The molecule has 0 aliphatic heterocycles. The average molecular weight is 557 g/mol. The van der Waals surface area contributed by atoms with Gasteiger partial charge in [0.05, 0.1) is 0 Å². The molecule has 3 heteroatoms. The number of thiol groups is 1. The molecule has 0 bridgehead atoms. The fourth-order valence-corrected chi connectivity index (χ4v) is 7.94. The third-order valence-electron chi connectivity index (χ3n) is 9.03. The van der Waals surface area contributed by atoms with Crippen LogP contribution in [0, 0.1) is 5.92 Å². The van der Waals surface area contributed by atoms with E-state index in [2.05, 4.69) is 111 Å². The lowest BCUT2D eigenvalue weighted by atomic mass is 9.69. The molecule has 2 rings (SSSR count). The summed E-state index contributed by atoms with van der Waals surface area (Å²) in [5.74, 6) is 1.80. The lowest BCUT2D eigenvalue weighted by Crippen LogP contribution is -2.30. The van der Waals surface area contributed by atoms with Crippen molar-refractivity contribution in [2.24, 2.45) is 5.92 Å². The van der Waals surface area contributed by atoms with Crippen LogP contribution in [0.4, 0.5) is 0 Å². The molecular weight excluding hydrogens is 499 g/mol. The van der Waals surface area contributed by atoms with E-state index in [9.17, 15) is 5.11 Å². The maximum absolute atomic E-state index is 12.3. The van der Waals surface area contributed by atoms with Gasteiger partial charge in [0.2, 0.25) is 0 Å². The molecule has 38 heavy (non-hydrogen) atoms. The number of unbranched alkanes of at least 4 members (excludes halogenated alkanes) is 4. The minimum Gasteiger partial charge on any atom is -0.507 e. The molecule has 0 heterocycles. The summed E-state index contributed by atoms with van der Waals surface area (Å²) >= 11 is 4.67. The molecule has 1 nitrogen and oxygen atoms in total. The minimum atomic E-state index is -0.108. The Morgan fingerprint density at radius 1 is 0.868 bits per heavy atom. The Balaban J connectivity index is 2.79. The summed E-state index contributed by atoms with van der Waals surface area (Å²) in [4.78, 5) is 0. The van der Waals surface area contributed by atoms with Crippen molar-refractivity contribution in [2.75, 3.05) is 0 Å². The summed E-state index contributed by atoms with van der Waals surface area (Å²) in [5, 5.41) is 13.6. The lowest BCUT2D eigenvalue weighted by molar-refractivity contribution is 0.301. The van der Waals surface area contributed by atoms with Crippen LogP contribution in [0.25, 0.3) is 0 Å². The van der Waals surface area contributed by atoms with Gasteiger partial charge in [0.1, 0.15) is 5.75 Å². The molecule has 214 valence electrons. The van der Waals surface area contributed by atoms with Gasteiger partial charge in [-0.15, -0.1) is 0 Å². The minimum absolute atomic E-state index is 0.00768. The van der Waals surface area contributed by atoms with E-state index < -0.39 is 0 Å². The van der Waals surface area contributed by atoms with Gasteiger partial charge in [0.15, 0.2) is 0 Å². The molecule has 0 spiro atoms. The summed E-state index contributed by atoms with van der Waals surface area (Å²) in [6.45, 7) is 20.9. The second kappa shape index (κ2) is 14.6. The van der Waals surface area contributed by atoms with Crippen molar-refractivity contribution in [3.05, 3.63) is 58.7 Å². The number of hydrogen-bond acceptors (Lipinski definition) is 2. The predicted octanol–water partition coefficient (Wildman–Crippen LogP) is 10.8. The van der Waals surface area contributed by atoms with Crippen molar-refractivity contribution in [3.63, 3.8) is 0 Å². The van der Waals surface area contributed by atoms with Crippen molar-refractivity contribution in [3.8, 4) is 5.75 Å². The SMILES string of the molecule is CCCCCC(C)C(C)(C)c1cc(C(C)(C)C)cc(C(CC)(CCCCC)Pc2ccccc2CS)c1O. The van der Waals surface area contributed by atoms with E-state index in [0.717, 1.165) is 24.2 Å². The smallest absolute Gasteiger partial charge is 0.123 e. The normalized spacial score (nSPS) is 15.2. The maximum atomic E-state index is 12.3. The number of benzene rings is 2. The average Bonchev–Trinajstić information content (AvgIpc) is 2.87. The Morgan fingerprint density at radius 2 is 1.47 bits per heavy atom. The highest BCUT2D eigenvalue weighted by molar-refractivity contribution is 7.79. The van der Waals surface area contributed by atoms with Gasteiger partial charge in [-0.2, -0.15) is 12.6 Å². The first kappa shape index (κ1) is 33.2. The van der Waals surface area contributed by atoms with Crippen molar-refractivity contribution in [1.29, 1.82) is 0 Å². The zero-order valence-electron chi connectivity index (χ0n) is 26.0. The van der Waals surface area contributed by atoms with Crippen LogP contribution in [-0.2, 0) is 21.7 Å². The van der Waals surface area contributed by atoms with Crippen LogP contribution in [0.1, 0.15) is 142 Å². The zero-order valence-corrected chi connectivity index (χ0v) is 27.9. The largest absolute Gasteiger partial charge is 0.507 e. The van der Waals surface area contributed by atoms with E-state index in [0.29, 0.717) is 20.2 Å². The quantitative estimate of drug-likeness (QED) is 0.127. The standard InChI is InChI=1S/C35H57OPS/c1-10-13-15-19-26(4)34(8,9)29-23-28(33(5,6)7)24-30(32(29)36)35(12-3,22-18-14-11-2)37-31-21-17-16-20-27(31)25-38/h16-17,20-21,23-24,26,36-38H,10-15,18-19,22,25H2,1-9H3. The Hall–Kier alpha value is -0.980. The van der Waals surface area contributed by atoms with Crippen molar-refractivity contribution >= 4 is 26.5 Å². The third-order valence-corrected chi connectivity index (χ3v) is 11.5. The van der Waals surface area contributed by atoms with Gasteiger partial charge >= 0.3 is 0 Å². The third kappa shape index (κ3) is 8.04. The Kier molecular flexibility index (Phi) is 12.8. The number of phenols is 1. The highest BCUT2D eigenvalue weighted by atomic mass is 32.1. The van der Waals surface area contributed by atoms with Gasteiger partial charge in [-0.1, -0.05) is 146 Å². The van der Waals surface area contributed by atoms with E-state index in [1.54, 1.807) is 0 Å². The summed E-state index contributed by atoms with van der Waals surface area (Å²) in [7, 11) is 0.602. The Labute approximate surface area is 243 Å². The first-order valence-corrected chi connectivity index (χ1v) is 16.9. The van der Waals surface area contributed by atoms with Crippen LogP contribution < -0.4 is 5.30 Å². The number of phenolic OH excluding ortho intramolecular Hbond substituents is 1. The summed E-state index contributed by atoms with van der Waals surface area (Å²) in [6, 6.07) is 13.5. The van der Waals surface area contributed by atoms with Crippen molar-refractivity contribution < 1.29 is 5.11 Å². The van der Waals surface area contributed by atoms with E-state index in [4.69, 9.17) is 0 Å². The first-order chi connectivity index (χ1) is 17.9. The number of aromatic hydroxyl groups is 1.